The molecular weight excluding hydrogens is 296 g/mol. The third kappa shape index (κ3) is 2.99. The molecule has 1 aromatic rings. The molecule has 1 fully saturated rings. The number of anilines is 1. The highest BCUT2D eigenvalue weighted by atomic mass is 32.2. The number of nitrogens with two attached hydrogens (primary N) is 1. The van der Waals surface area contributed by atoms with Crippen LogP contribution in [0, 0.1) is 5.92 Å². The molecular formula is C12H20N4O2S2. The third-order valence-corrected chi connectivity index (χ3v) is 6.55. The fourth-order valence-corrected chi connectivity index (χ4v) is 4.78. The van der Waals surface area contributed by atoms with Crippen LogP contribution in [0.15, 0.2) is 10.3 Å². The van der Waals surface area contributed by atoms with Crippen molar-refractivity contribution in [2.75, 3.05) is 31.2 Å². The second-order valence-electron chi connectivity index (χ2n) is 5.44. The van der Waals surface area contributed by atoms with E-state index in [-0.39, 0.29) is 4.21 Å². The highest BCUT2D eigenvalue weighted by molar-refractivity contribution is 7.91. The van der Waals surface area contributed by atoms with Crippen LogP contribution in [0.25, 0.3) is 0 Å². The molecule has 0 aromatic carbocycles. The first-order valence-corrected chi connectivity index (χ1v) is 9.22. The van der Waals surface area contributed by atoms with Gasteiger partial charge in [-0.1, -0.05) is 0 Å². The number of thiophene rings is 1. The smallest absolute Gasteiger partial charge is 0.247 e. The number of rotatable bonds is 3. The van der Waals surface area contributed by atoms with Crippen LogP contribution in [-0.2, 0) is 16.6 Å². The summed E-state index contributed by atoms with van der Waals surface area (Å²) in [6.07, 6.45) is 2.36. The summed E-state index contributed by atoms with van der Waals surface area (Å²) in [5.41, 5.74) is 1.04. The lowest BCUT2D eigenvalue weighted by Crippen LogP contribution is -2.43. The summed E-state index contributed by atoms with van der Waals surface area (Å²) < 4.78 is 23.2. The zero-order chi connectivity index (χ0) is 14.2. The van der Waals surface area contributed by atoms with Crippen molar-refractivity contribution in [1.29, 1.82) is 0 Å². The van der Waals surface area contributed by atoms with Gasteiger partial charge in [-0.3, -0.25) is 5.32 Å². The number of nitrogens with one attached hydrogen (secondary N) is 2. The van der Waals surface area contributed by atoms with Crippen LogP contribution < -0.4 is 20.7 Å². The van der Waals surface area contributed by atoms with Crippen LogP contribution in [-0.4, -0.2) is 34.7 Å². The van der Waals surface area contributed by atoms with E-state index in [1.54, 1.807) is 6.07 Å². The van der Waals surface area contributed by atoms with Crippen molar-refractivity contribution in [3.8, 4) is 0 Å². The van der Waals surface area contributed by atoms with Crippen molar-refractivity contribution in [1.82, 2.24) is 10.6 Å². The highest BCUT2D eigenvalue weighted by Crippen LogP contribution is 2.36. The zero-order valence-electron chi connectivity index (χ0n) is 11.3. The molecule has 0 spiro atoms. The summed E-state index contributed by atoms with van der Waals surface area (Å²) >= 11 is 1.30. The lowest BCUT2D eigenvalue weighted by Gasteiger charge is -2.34. The average Bonchev–Trinajstić information content (AvgIpc) is 2.85. The van der Waals surface area contributed by atoms with Crippen LogP contribution in [0.3, 0.4) is 0 Å². The van der Waals surface area contributed by atoms with Gasteiger partial charge in [0.1, 0.15) is 4.21 Å². The molecule has 112 valence electrons. The van der Waals surface area contributed by atoms with E-state index in [0.29, 0.717) is 12.5 Å². The minimum absolute atomic E-state index is 0.265. The Labute approximate surface area is 123 Å². The Morgan fingerprint density at radius 3 is 2.80 bits per heavy atom. The minimum Gasteiger partial charge on any atom is -0.350 e. The summed E-state index contributed by atoms with van der Waals surface area (Å²) in [6.45, 7) is 4.62. The molecule has 2 aliphatic heterocycles. The van der Waals surface area contributed by atoms with E-state index in [2.05, 4.69) is 15.5 Å². The molecule has 0 saturated carbocycles. The predicted octanol–water partition coefficient (Wildman–Crippen LogP) is 0.262. The van der Waals surface area contributed by atoms with Gasteiger partial charge in [-0.25, -0.2) is 13.6 Å². The number of fused-ring (bicyclic) bond motifs is 1. The van der Waals surface area contributed by atoms with Gasteiger partial charge in [-0.15, -0.1) is 11.3 Å². The summed E-state index contributed by atoms with van der Waals surface area (Å²) in [4.78, 5) is 2.26. The lowest BCUT2D eigenvalue weighted by atomic mass is 9.97. The average molecular weight is 316 g/mol. The molecule has 0 bridgehead atoms. The number of sulfonamides is 1. The van der Waals surface area contributed by atoms with Gasteiger partial charge in [0, 0.05) is 18.7 Å². The largest absolute Gasteiger partial charge is 0.350 e. The number of nitrogens with zero attached hydrogens (tertiary/aromatic N) is 1. The number of piperidine rings is 1. The van der Waals surface area contributed by atoms with Gasteiger partial charge < -0.3 is 10.2 Å². The van der Waals surface area contributed by atoms with Crippen molar-refractivity contribution >= 4 is 26.4 Å². The normalized spacial score (nSPS) is 20.9. The Kier molecular flexibility index (Phi) is 4.00. The van der Waals surface area contributed by atoms with Gasteiger partial charge in [0.2, 0.25) is 10.0 Å². The summed E-state index contributed by atoms with van der Waals surface area (Å²) in [7, 11) is -3.60. The molecule has 1 saturated heterocycles. The number of hydrogen-bond acceptors (Lipinski definition) is 6. The Hall–Kier alpha value is -0.670. The molecule has 4 N–H and O–H groups in total. The van der Waals surface area contributed by atoms with Gasteiger partial charge in [0.25, 0.3) is 0 Å². The molecule has 1 aromatic heterocycles. The van der Waals surface area contributed by atoms with Crippen LogP contribution in [0.5, 0.6) is 0 Å². The van der Waals surface area contributed by atoms with Gasteiger partial charge in [0.05, 0.1) is 11.7 Å². The van der Waals surface area contributed by atoms with Crippen molar-refractivity contribution in [2.24, 2.45) is 11.1 Å². The van der Waals surface area contributed by atoms with E-state index < -0.39 is 10.0 Å². The van der Waals surface area contributed by atoms with Crippen LogP contribution >= 0.6 is 11.3 Å². The Morgan fingerprint density at radius 1 is 1.35 bits per heavy atom. The Morgan fingerprint density at radius 2 is 2.10 bits per heavy atom. The van der Waals surface area contributed by atoms with Crippen LogP contribution in [0.4, 0.5) is 5.00 Å². The Bertz CT molecular complexity index is 578. The van der Waals surface area contributed by atoms with E-state index in [9.17, 15) is 8.42 Å². The van der Waals surface area contributed by atoms with E-state index in [4.69, 9.17) is 5.14 Å². The van der Waals surface area contributed by atoms with Crippen LogP contribution in [0.1, 0.15) is 18.4 Å². The van der Waals surface area contributed by atoms with E-state index in [1.807, 2.05) is 0 Å². The SMILES string of the molecule is NS(=O)(=O)c1cc2c(s1)N(CC1CCNCC1)CNC2. The Balaban J connectivity index is 1.80. The molecule has 0 atom stereocenters. The highest BCUT2D eigenvalue weighted by Gasteiger charge is 2.25. The van der Waals surface area contributed by atoms with E-state index >= 15 is 0 Å². The van der Waals surface area contributed by atoms with Gasteiger partial charge in [-0.05, 0) is 37.9 Å². The summed E-state index contributed by atoms with van der Waals surface area (Å²) in [6, 6.07) is 1.71. The number of primary sulfonamides is 1. The van der Waals surface area contributed by atoms with Crippen molar-refractivity contribution < 1.29 is 8.42 Å². The standard InChI is InChI=1S/C12H20N4O2S2/c13-20(17,18)11-5-10-6-15-8-16(12(10)19-11)7-9-1-3-14-4-2-9/h5,9,14-15H,1-4,6-8H2,(H2,13,17,18). The fraction of sp³-hybridized carbons (Fsp3) is 0.667. The predicted molar refractivity (Wildman–Crippen MR) is 80.3 cm³/mol. The zero-order valence-corrected chi connectivity index (χ0v) is 12.9. The topological polar surface area (TPSA) is 87.5 Å². The van der Waals surface area contributed by atoms with Gasteiger partial charge in [0.15, 0.2) is 0 Å². The maximum atomic E-state index is 11.5. The monoisotopic (exact) mass is 316 g/mol. The van der Waals surface area contributed by atoms with Crippen molar-refractivity contribution in [3.05, 3.63) is 11.6 Å². The molecule has 0 aliphatic carbocycles. The van der Waals surface area contributed by atoms with Gasteiger partial charge in [-0.2, -0.15) is 0 Å². The second kappa shape index (κ2) is 5.61. The number of hydrogen-bond donors (Lipinski definition) is 3. The first-order valence-electron chi connectivity index (χ1n) is 6.86. The first-order chi connectivity index (χ1) is 9.54. The second-order valence-corrected chi connectivity index (χ2v) is 8.26. The molecule has 3 rings (SSSR count). The molecule has 3 heterocycles. The van der Waals surface area contributed by atoms with Crippen molar-refractivity contribution in [3.63, 3.8) is 0 Å². The molecule has 2 aliphatic rings. The molecule has 6 nitrogen and oxygen atoms in total. The molecule has 8 heteroatoms. The minimum atomic E-state index is -3.60. The van der Waals surface area contributed by atoms with E-state index in [1.165, 1.54) is 24.2 Å². The third-order valence-electron chi connectivity index (χ3n) is 3.89. The quantitative estimate of drug-likeness (QED) is 0.745. The fourth-order valence-electron chi connectivity index (χ4n) is 2.85. The van der Waals surface area contributed by atoms with Crippen molar-refractivity contribution in [2.45, 2.75) is 23.6 Å². The molecule has 20 heavy (non-hydrogen) atoms. The van der Waals surface area contributed by atoms with E-state index in [0.717, 1.165) is 36.9 Å². The lowest BCUT2D eigenvalue weighted by molar-refractivity contribution is 0.369. The first kappa shape index (κ1) is 14.3. The summed E-state index contributed by atoms with van der Waals surface area (Å²) in [5.74, 6) is 0.670. The maximum Gasteiger partial charge on any atom is 0.247 e. The summed E-state index contributed by atoms with van der Waals surface area (Å²) in [5, 5.41) is 13.0. The van der Waals surface area contributed by atoms with Crippen LogP contribution in [0.2, 0.25) is 0 Å². The molecule has 0 amide bonds. The maximum absolute atomic E-state index is 11.5. The molecule has 0 unspecified atom stereocenters. The molecule has 0 radical (unpaired) electrons. The van der Waals surface area contributed by atoms with Gasteiger partial charge >= 0.3 is 0 Å².